The second kappa shape index (κ2) is 10.7. The Hall–Kier alpha value is -1.78. The van der Waals surface area contributed by atoms with E-state index in [2.05, 4.69) is 72.6 Å². The van der Waals surface area contributed by atoms with Gasteiger partial charge in [-0.3, -0.25) is 9.69 Å². The lowest BCUT2D eigenvalue weighted by molar-refractivity contribution is -0.126. The van der Waals surface area contributed by atoms with Crippen molar-refractivity contribution in [2.45, 2.75) is 39.0 Å². The van der Waals surface area contributed by atoms with Crippen LogP contribution in [0, 0.1) is 19.8 Å². The van der Waals surface area contributed by atoms with Crippen LogP contribution in [0.5, 0.6) is 0 Å². The second-order valence-corrected chi connectivity index (χ2v) is 8.97. The van der Waals surface area contributed by atoms with Gasteiger partial charge in [-0.1, -0.05) is 59.7 Å². The standard InChI is InChI=1S/C24H32N2OS/c1-19-3-7-21(8-4-19)17-26-14-11-23(12-15-26)24(27)25-13-16-28-18-22-9-5-20(2)6-10-22/h3-10,23H,11-18H2,1-2H3,(H,25,27). The van der Waals surface area contributed by atoms with E-state index < -0.39 is 0 Å². The smallest absolute Gasteiger partial charge is 0.223 e. The third-order valence-corrected chi connectivity index (χ3v) is 6.45. The fourth-order valence-corrected chi connectivity index (χ4v) is 4.39. The average molecular weight is 397 g/mol. The van der Waals surface area contributed by atoms with Crippen LogP contribution in [0.1, 0.15) is 35.1 Å². The van der Waals surface area contributed by atoms with E-state index >= 15 is 0 Å². The molecule has 1 N–H and O–H groups in total. The summed E-state index contributed by atoms with van der Waals surface area (Å²) in [6.07, 6.45) is 1.93. The topological polar surface area (TPSA) is 32.3 Å². The van der Waals surface area contributed by atoms with Gasteiger partial charge in [0.1, 0.15) is 0 Å². The number of nitrogens with zero attached hydrogens (tertiary/aromatic N) is 1. The predicted octanol–water partition coefficient (Wildman–Crippen LogP) is 4.57. The fraction of sp³-hybridized carbons (Fsp3) is 0.458. The highest BCUT2D eigenvalue weighted by atomic mass is 32.2. The van der Waals surface area contributed by atoms with Gasteiger partial charge in [0.25, 0.3) is 0 Å². The van der Waals surface area contributed by atoms with Gasteiger partial charge in [0, 0.05) is 30.5 Å². The number of carbonyl (C=O) groups excluding carboxylic acids is 1. The molecule has 1 aliphatic heterocycles. The number of carbonyl (C=O) groups is 1. The van der Waals surface area contributed by atoms with Crippen molar-refractivity contribution in [3.63, 3.8) is 0 Å². The monoisotopic (exact) mass is 396 g/mol. The van der Waals surface area contributed by atoms with Gasteiger partial charge in [-0.15, -0.1) is 0 Å². The number of nitrogens with one attached hydrogen (secondary N) is 1. The Morgan fingerprint density at radius 2 is 1.54 bits per heavy atom. The molecule has 1 saturated heterocycles. The third-order valence-electron chi connectivity index (χ3n) is 5.42. The Balaban J connectivity index is 1.29. The molecule has 1 heterocycles. The molecule has 0 aliphatic carbocycles. The molecular weight excluding hydrogens is 364 g/mol. The van der Waals surface area contributed by atoms with Gasteiger partial charge in [0.15, 0.2) is 0 Å². The van der Waals surface area contributed by atoms with Crippen molar-refractivity contribution in [2.75, 3.05) is 25.4 Å². The molecule has 0 saturated carbocycles. The van der Waals surface area contributed by atoms with Crippen molar-refractivity contribution < 1.29 is 4.79 Å². The number of likely N-dealkylation sites (tertiary alicyclic amines) is 1. The maximum absolute atomic E-state index is 12.4. The fourth-order valence-electron chi connectivity index (χ4n) is 3.57. The molecule has 3 nitrogen and oxygen atoms in total. The van der Waals surface area contributed by atoms with Gasteiger partial charge >= 0.3 is 0 Å². The second-order valence-electron chi connectivity index (χ2n) is 7.87. The van der Waals surface area contributed by atoms with E-state index in [4.69, 9.17) is 0 Å². The summed E-state index contributed by atoms with van der Waals surface area (Å²) in [7, 11) is 0. The molecule has 0 aromatic heterocycles. The molecule has 1 fully saturated rings. The van der Waals surface area contributed by atoms with Crippen LogP contribution in [0.4, 0.5) is 0 Å². The summed E-state index contributed by atoms with van der Waals surface area (Å²) in [4.78, 5) is 14.9. The minimum atomic E-state index is 0.177. The number of piperidine rings is 1. The van der Waals surface area contributed by atoms with E-state index in [1.54, 1.807) is 0 Å². The lowest BCUT2D eigenvalue weighted by atomic mass is 9.95. The zero-order valence-corrected chi connectivity index (χ0v) is 17.9. The number of hydrogen-bond donors (Lipinski definition) is 1. The SMILES string of the molecule is Cc1ccc(CSCCNC(=O)C2CCN(Cc3ccc(C)cc3)CC2)cc1. The summed E-state index contributed by atoms with van der Waals surface area (Å²) >= 11 is 1.88. The number of amides is 1. The van der Waals surface area contributed by atoms with Gasteiger partial charge in [-0.05, 0) is 50.9 Å². The highest BCUT2D eigenvalue weighted by Crippen LogP contribution is 2.19. The highest BCUT2D eigenvalue weighted by molar-refractivity contribution is 7.98. The summed E-state index contributed by atoms with van der Waals surface area (Å²) in [6.45, 7) is 8.00. The molecule has 1 amide bonds. The lowest BCUT2D eigenvalue weighted by Gasteiger charge is -2.31. The van der Waals surface area contributed by atoms with Crippen molar-refractivity contribution in [3.8, 4) is 0 Å². The zero-order valence-electron chi connectivity index (χ0n) is 17.1. The first-order valence-electron chi connectivity index (χ1n) is 10.3. The average Bonchev–Trinajstić information content (AvgIpc) is 2.71. The quantitative estimate of drug-likeness (QED) is 0.664. The Bertz CT molecular complexity index is 734. The van der Waals surface area contributed by atoms with Crippen molar-refractivity contribution in [3.05, 3.63) is 70.8 Å². The van der Waals surface area contributed by atoms with Gasteiger partial charge in [0.2, 0.25) is 5.91 Å². The molecular formula is C24H32N2OS. The Kier molecular flexibility index (Phi) is 7.99. The third kappa shape index (κ3) is 6.68. The largest absolute Gasteiger partial charge is 0.355 e. The molecule has 0 atom stereocenters. The van der Waals surface area contributed by atoms with E-state index in [0.29, 0.717) is 0 Å². The van der Waals surface area contributed by atoms with E-state index in [-0.39, 0.29) is 11.8 Å². The molecule has 3 rings (SSSR count). The van der Waals surface area contributed by atoms with Crippen LogP contribution < -0.4 is 5.32 Å². The molecule has 0 spiro atoms. The molecule has 2 aromatic carbocycles. The van der Waals surface area contributed by atoms with E-state index in [1.807, 2.05) is 11.8 Å². The van der Waals surface area contributed by atoms with Crippen LogP contribution in [-0.4, -0.2) is 36.2 Å². The summed E-state index contributed by atoms with van der Waals surface area (Å²) in [6, 6.07) is 17.5. The Labute approximate surface area is 173 Å². The Morgan fingerprint density at radius 1 is 0.964 bits per heavy atom. The predicted molar refractivity (Wildman–Crippen MR) is 120 cm³/mol. The number of rotatable bonds is 8. The zero-order chi connectivity index (χ0) is 19.8. The van der Waals surface area contributed by atoms with Crippen molar-refractivity contribution in [1.82, 2.24) is 10.2 Å². The molecule has 0 unspecified atom stereocenters. The first kappa shape index (κ1) is 20.9. The van der Waals surface area contributed by atoms with Gasteiger partial charge in [-0.2, -0.15) is 11.8 Å². The van der Waals surface area contributed by atoms with Crippen molar-refractivity contribution in [2.24, 2.45) is 5.92 Å². The first-order valence-corrected chi connectivity index (χ1v) is 11.4. The normalized spacial score (nSPS) is 15.5. The minimum Gasteiger partial charge on any atom is -0.355 e. The van der Waals surface area contributed by atoms with E-state index in [1.165, 1.54) is 22.3 Å². The highest BCUT2D eigenvalue weighted by Gasteiger charge is 2.24. The lowest BCUT2D eigenvalue weighted by Crippen LogP contribution is -2.40. The number of benzene rings is 2. The number of hydrogen-bond acceptors (Lipinski definition) is 3. The van der Waals surface area contributed by atoms with Crippen LogP contribution in [0.25, 0.3) is 0 Å². The maximum atomic E-state index is 12.4. The van der Waals surface area contributed by atoms with E-state index in [9.17, 15) is 4.79 Å². The molecule has 1 aliphatic rings. The molecule has 150 valence electrons. The van der Waals surface area contributed by atoms with Crippen LogP contribution in [0.2, 0.25) is 0 Å². The van der Waals surface area contributed by atoms with Gasteiger partial charge in [0.05, 0.1) is 0 Å². The summed E-state index contributed by atoms with van der Waals surface area (Å²) in [5.41, 5.74) is 5.31. The van der Waals surface area contributed by atoms with Gasteiger partial charge < -0.3 is 5.32 Å². The molecule has 4 heteroatoms. The molecule has 28 heavy (non-hydrogen) atoms. The van der Waals surface area contributed by atoms with E-state index in [0.717, 1.165) is 50.5 Å². The summed E-state index contributed by atoms with van der Waals surface area (Å²) in [5, 5.41) is 3.14. The Morgan fingerprint density at radius 3 is 2.14 bits per heavy atom. The molecule has 0 radical (unpaired) electrons. The number of thioether (sulfide) groups is 1. The number of aryl methyl sites for hydroxylation is 2. The van der Waals surface area contributed by atoms with Crippen molar-refractivity contribution >= 4 is 17.7 Å². The summed E-state index contributed by atoms with van der Waals surface area (Å²) in [5.74, 6) is 2.39. The van der Waals surface area contributed by atoms with Crippen LogP contribution in [0.15, 0.2) is 48.5 Å². The molecule has 0 bridgehead atoms. The van der Waals surface area contributed by atoms with Crippen LogP contribution >= 0.6 is 11.8 Å². The molecule has 2 aromatic rings. The minimum absolute atomic E-state index is 0.177. The summed E-state index contributed by atoms with van der Waals surface area (Å²) < 4.78 is 0. The maximum Gasteiger partial charge on any atom is 0.223 e. The van der Waals surface area contributed by atoms with Crippen LogP contribution in [-0.2, 0) is 17.1 Å². The first-order chi connectivity index (χ1) is 13.6. The van der Waals surface area contributed by atoms with Crippen LogP contribution in [0.3, 0.4) is 0 Å². The van der Waals surface area contributed by atoms with Crippen molar-refractivity contribution in [1.29, 1.82) is 0 Å². The van der Waals surface area contributed by atoms with Gasteiger partial charge in [-0.25, -0.2) is 0 Å².